The van der Waals surface area contributed by atoms with E-state index in [1.807, 2.05) is 6.92 Å². The summed E-state index contributed by atoms with van der Waals surface area (Å²) in [6.07, 6.45) is 1.65. The highest BCUT2D eigenvalue weighted by atomic mass is 35.5. The Kier molecular flexibility index (Phi) is 4.78. The molecule has 0 fully saturated rings. The molecule has 3 nitrogen and oxygen atoms in total. The van der Waals surface area contributed by atoms with Crippen LogP contribution in [0.2, 0.25) is 5.02 Å². The molecule has 16 heavy (non-hydrogen) atoms. The Morgan fingerprint density at radius 2 is 2.31 bits per heavy atom. The fourth-order valence-electron chi connectivity index (χ4n) is 1.42. The Bertz CT molecular complexity index is 442. The van der Waals surface area contributed by atoms with Gasteiger partial charge in [-0.25, -0.2) is 0 Å². The molecule has 1 rings (SSSR count). The van der Waals surface area contributed by atoms with Crippen molar-refractivity contribution in [2.75, 3.05) is 17.3 Å². The van der Waals surface area contributed by atoms with Gasteiger partial charge in [0.05, 0.1) is 16.3 Å². The quantitative estimate of drug-likeness (QED) is 0.900. The minimum absolute atomic E-state index is 0.0383. The number of nitrogens with zero attached hydrogens (tertiary/aromatic N) is 1. The average molecular weight is 257 g/mol. The lowest BCUT2D eigenvalue weighted by Crippen LogP contribution is -2.22. The minimum Gasteiger partial charge on any atom is -0.381 e. The summed E-state index contributed by atoms with van der Waals surface area (Å²) >= 11 is 5.90. The molecule has 0 heterocycles. The molecule has 1 aromatic carbocycles. The van der Waals surface area contributed by atoms with Gasteiger partial charge in [-0.1, -0.05) is 17.7 Å². The van der Waals surface area contributed by atoms with Crippen LogP contribution in [0.25, 0.3) is 0 Å². The molecule has 0 radical (unpaired) electrons. The summed E-state index contributed by atoms with van der Waals surface area (Å²) in [5.74, 6) is 0.539. The first-order chi connectivity index (χ1) is 7.54. The van der Waals surface area contributed by atoms with Crippen LogP contribution in [-0.4, -0.2) is 22.3 Å². The lowest BCUT2D eigenvalue weighted by atomic mass is 10.2. The molecule has 2 unspecified atom stereocenters. The van der Waals surface area contributed by atoms with E-state index in [0.717, 1.165) is 0 Å². The van der Waals surface area contributed by atoms with Crippen LogP contribution in [0.3, 0.4) is 0 Å². The van der Waals surface area contributed by atoms with Crippen molar-refractivity contribution in [3.8, 4) is 6.07 Å². The van der Waals surface area contributed by atoms with Gasteiger partial charge in [0.2, 0.25) is 0 Å². The van der Waals surface area contributed by atoms with Crippen LogP contribution < -0.4 is 5.32 Å². The second-order valence-corrected chi connectivity index (χ2v) is 5.45. The standard InChI is InChI=1S/C11H13ClN2OS/c1-8(7-16(2)15)14-11-5-3-4-10(12)9(11)6-13/h3-5,8,14H,7H2,1-2H3. The highest BCUT2D eigenvalue weighted by Crippen LogP contribution is 2.23. The number of hydrogen-bond donors (Lipinski definition) is 1. The number of anilines is 1. The van der Waals surface area contributed by atoms with E-state index in [0.29, 0.717) is 22.0 Å². The molecule has 0 saturated carbocycles. The van der Waals surface area contributed by atoms with Crippen LogP contribution in [-0.2, 0) is 10.8 Å². The van der Waals surface area contributed by atoms with Crippen molar-refractivity contribution in [3.63, 3.8) is 0 Å². The van der Waals surface area contributed by atoms with E-state index in [1.54, 1.807) is 24.5 Å². The number of halogens is 1. The second kappa shape index (κ2) is 5.88. The van der Waals surface area contributed by atoms with Crippen LogP contribution in [0.15, 0.2) is 18.2 Å². The predicted molar refractivity (Wildman–Crippen MR) is 68.2 cm³/mol. The van der Waals surface area contributed by atoms with Gasteiger partial charge in [0.25, 0.3) is 0 Å². The maximum atomic E-state index is 11.0. The summed E-state index contributed by atoms with van der Waals surface area (Å²) in [5.41, 5.74) is 1.12. The van der Waals surface area contributed by atoms with Gasteiger partial charge in [-0.05, 0) is 19.1 Å². The van der Waals surface area contributed by atoms with Crippen LogP contribution >= 0.6 is 11.6 Å². The van der Waals surface area contributed by atoms with Gasteiger partial charge < -0.3 is 5.32 Å². The molecule has 5 heteroatoms. The highest BCUT2D eigenvalue weighted by Gasteiger charge is 2.09. The number of hydrogen-bond acceptors (Lipinski definition) is 3. The van der Waals surface area contributed by atoms with Crippen molar-refractivity contribution in [1.82, 2.24) is 0 Å². The molecule has 2 atom stereocenters. The molecule has 0 bridgehead atoms. The van der Waals surface area contributed by atoms with Crippen molar-refractivity contribution in [2.45, 2.75) is 13.0 Å². The third-order valence-electron chi connectivity index (χ3n) is 2.01. The summed E-state index contributed by atoms with van der Waals surface area (Å²) in [4.78, 5) is 0. The summed E-state index contributed by atoms with van der Waals surface area (Å²) in [6.45, 7) is 1.92. The SMILES string of the molecule is CC(CS(C)=O)Nc1cccc(Cl)c1C#N. The zero-order valence-corrected chi connectivity index (χ0v) is 10.7. The first-order valence-electron chi connectivity index (χ1n) is 4.79. The van der Waals surface area contributed by atoms with Crippen molar-refractivity contribution in [1.29, 1.82) is 5.26 Å². The molecular formula is C11H13ClN2OS. The van der Waals surface area contributed by atoms with Gasteiger partial charge in [-0.2, -0.15) is 5.26 Å². The van der Waals surface area contributed by atoms with Gasteiger partial charge in [-0.3, -0.25) is 4.21 Å². The average Bonchev–Trinajstić information content (AvgIpc) is 2.16. The van der Waals surface area contributed by atoms with E-state index in [9.17, 15) is 4.21 Å². The molecule has 0 saturated heterocycles. The normalized spacial score (nSPS) is 13.9. The fourth-order valence-corrected chi connectivity index (χ4v) is 2.42. The lowest BCUT2D eigenvalue weighted by molar-refractivity contribution is 0.683. The van der Waals surface area contributed by atoms with Gasteiger partial charge in [-0.15, -0.1) is 0 Å². The first-order valence-corrected chi connectivity index (χ1v) is 6.90. The largest absolute Gasteiger partial charge is 0.381 e. The van der Waals surface area contributed by atoms with E-state index in [2.05, 4.69) is 11.4 Å². The van der Waals surface area contributed by atoms with Gasteiger partial charge >= 0.3 is 0 Å². The first kappa shape index (κ1) is 13.0. The van der Waals surface area contributed by atoms with Crippen LogP contribution in [0.4, 0.5) is 5.69 Å². The zero-order chi connectivity index (χ0) is 12.1. The van der Waals surface area contributed by atoms with Gasteiger partial charge in [0, 0.05) is 28.9 Å². The topological polar surface area (TPSA) is 52.9 Å². The molecule has 0 spiro atoms. The lowest BCUT2D eigenvalue weighted by Gasteiger charge is -2.15. The molecule has 86 valence electrons. The van der Waals surface area contributed by atoms with Gasteiger partial charge in [0.15, 0.2) is 0 Å². The minimum atomic E-state index is -0.862. The van der Waals surface area contributed by atoms with Crippen LogP contribution in [0, 0.1) is 11.3 Å². The molecule has 0 aromatic heterocycles. The van der Waals surface area contributed by atoms with Gasteiger partial charge in [0.1, 0.15) is 6.07 Å². The molecular weight excluding hydrogens is 244 g/mol. The van der Waals surface area contributed by atoms with E-state index in [1.165, 1.54) is 0 Å². The predicted octanol–water partition coefficient (Wildman–Crippen LogP) is 2.39. The van der Waals surface area contributed by atoms with Crippen molar-refractivity contribution >= 4 is 28.1 Å². The molecule has 0 aliphatic carbocycles. The molecule has 0 aliphatic heterocycles. The van der Waals surface area contributed by atoms with Crippen molar-refractivity contribution < 1.29 is 4.21 Å². The van der Waals surface area contributed by atoms with Crippen LogP contribution in [0.1, 0.15) is 12.5 Å². The summed E-state index contributed by atoms with van der Waals surface area (Å²) in [6, 6.07) is 7.34. The van der Waals surface area contributed by atoms with Crippen molar-refractivity contribution in [3.05, 3.63) is 28.8 Å². The van der Waals surface area contributed by atoms with E-state index < -0.39 is 10.8 Å². The number of nitrogens with one attached hydrogen (secondary N) is 1. The van der Waals surface area contributed by atoms with E-state index in [4.69, 9.17) is 16.9 Å². The highest BCUT2D eigenvalue weighted by molar-refractivity contribution is 7.84. The molecule has 1 aromatic rings. The summed E-state index contributed by atoms with van der Waals surface area (Å²) in [5, 5.41) is 12.5. The third kappa shape index (κ3) is 3.51. The number of nitriles is 1. The third-order valence-corrected chi connectivity index (χ3v) is 3.30. The Morgan fingerprint density at radius 1 is 1.62 bits per heavy atom. The Hall–Kier alpha value is -1.05. The summed E-state index contributed by atoms with van der Waals surface area (Å²) < 4.78 is 11.0. The second-order valence-electron chi connectivity index (χ2n) is 3.56. The maximum Gasteiger partial charge on any atom is 0.103 e. The molecule has 1 N–H and O–H groups in total. The Labute approximate surface area is 103 Å². The Morgan fingerprint density at radius 3 is 2.88 bits per heavy atom. The molecule has 0 aliphatic rings. The number of rotatable bonds is 4. The fraction of sp³-hybridized carbons (Fsp3) is 0.364. The molecule has 0 amide bonds. The van der Waals surface area contributed by atoms with E-state index in [-0.39, 0.29) is 6.04 Å². The Balaban J connectivity index is 2.85. The van der Waals surface area contributed by atoms with E-state index >= 15 is 0 Å². The smallest absolute Gasteiger partial charge is 0.103 e. The zero-order valence-electron chi connectivity index (χ0n) is 9.16. The van der Waals surface area contributed by atoms with Crippen LogP contribution in [0.5, 0.6) is 0 Å². The van der Waals surface area contributed by atoms with Crippen molar-refractivity contribution in [2.24, 2.45) is 0 Å². The summed E-state index contributed by atoms with van der Waals surface area (Å²) in [7, 11) is -0.862. The maximum absolute atomic E-state index is 11.0. The number of benzene rings is 1. The monoisotopic (exact) mass is 256 g/mol.